The quantitative estimate of drug-likeness (QED) is 0.165. The molecule has 1 fully saturated rings. The molecule has 0 saturated carbocycles. The first-order chi connectivity index (χ1) is 28.3. The molecule has 0 amide bonds. The van der Waals surface area contributed by atoms with Gasteiger partial charge in [0.25, 0.3) is 0 Å². The summed E-state index contributed by atoms with van der Waals surface area (Å²) in [5.41, 5.74) is 12.2. The summed E-state index contributed by atoms with van der Waals surface area (Å²) in [7, 11) is 0. The van der Waals surface area contributed by atoms with Crippen LogP contribution in [0.5, 0.6) is 0 Å². The Labute approximate surface area is 328 Å². The SMILES string of the molecule is c1ccc(C2NC(c3ccccc3)NC(c3ccc(-n4c5ccc6c7ccccc7oc6c5c5c6c7ccccc7n(-c7ccccc7)c6ccc54)cc3)N2)cc1. The highest BCUT2D eigenvalue weighted by atomic mass is 16.3. The molecule has 2 atom stereocenters. The Balaban J connectivity index is 1.07. The van der Waals surface area contributed by atoms with E-state index in [9.17, 15) is 0 Å². The van der Waals surface area contributed by atoms with E-state index >= 15 is 0 Å². The molecule has 3 aromatic heterocycles. The predicted molar refractivity (Wildman–Crippen MR) is 233 cm³/mol. The van der Waals surface area contributed by atoms with Crippen molar-refractivity contribution in [2.45, 2.75) is 18.5 Å². The molecule has 3 N–H and O–H groups in total. The van der Waals surface area contributed by atoms with E-state index in [0.717, 1.165) is 55.3 Å². The molecule has 6 heteroatoms. The molecule has 0 radical (unpaired) electrons. The monoisotopic (exact) mass is 735 g/mol. The summed E-state index contributed by atoms with van der Waals surface area (Å²) >= 11 is 0. The Morgan fingerprint density at radius 3 is 1.47 bits per heavy atom. The Morgan fingerprint density at radius 1 is 0.333 bits per heavy atom. The van der Waals surface area contributed by atoms with Gasteiger partial charge in [-0.25, -0.2) is 0 Å². The van der Waals surface area contributed by atoms with Crippen molar-refractivity contribution < 1.29 is 4.42 Å². The first-order valence-corrected chi connectivity index (χ1v) is 19.6. The lowest BCUT2D eigenvalue weighted by Crippen LogP contribution is -2.54. The zero-order chi connectivity index (χ0) is 37.5. The number of rotatable bonds is 5. The van der Waals surface area contributed by atoms with Gasteiger partial charge in [0.15, 0.2) is 0 Å². The van der Waals surface area contributed by atoms with Crippen LogP contribution in [-0.4, -0.2) is 9.13 Å². The molecule has 0 aliphatic carbocycles. The van der Waals surface area contributed by atoms with Gasteiger partial charge in [-0.05, 0) is 77.4 Å². The minimum absolute atomic E-state index is 0.0358. The van der Waals surface area contributed by atoms with E-state index in [1.165, 1.54) is 38.3 Å². The maximum absolute atomic E-state index is 6.82. The van der Waals surface area contributed by atoms with Crippen molar-refractivity contribution in [1.29, 1.82) is 0 Å². The predicted octanol–water partition coefficient (Wildman–Crippen LogP) is 12.0. The number of aromatic nitrogens is 2. The molecule has 0 spiro atoms. The van der Waals surface area contributed by atoms with Gasteiger partial charge in [-0.1, -0.05) is 127 Å². The van der Waals surface area contributed by atoms with Crippen molar-refractivity contribution in [1.82, 2.24) is 25.1 Å². The number of nitrogens with zero attached hydrogens (tertiary/aromatic N) is 2. The Bertz CT molecular complexity index is 3230. The normalized spacial score (nSPS) is 17.4. The van der Waals surface area contributed by atoms with Gasteiger partial charge in [0.1, 0.15) is 11.2 Å². The molecule has 0 bridgehead atoms. The summed E-state index contributed by atoms with van der Waals surface area (Å²) in [6, 6.07) is 67.2. The molecule has 1 aliphatic heterocycles. The van der Waals surface area contributed by atoms with E-state index in [2.05, 4.69) is 213 Å². The second kappa shape index (κ2) is 12.8. The van der Waals surface area contributed by atoms with Gasteiger partial charge in [-0.15, -0.1) is 0 Å². The number of benzene rings is 8. The average Bonchev–Trinajstić information content (AvgIpc) is 3.95. The van der Waals surface area contributed by atoms with Crippen molar-refractivity contribution in [3.63, 3.8) is 0 Å². The van der Waals surface area contributed by atoms with Crippen molar-refractivity contribution in [2.75, 3.05) is 0 Å². The Hall–Kier alpha value is -6.96. The lowest BCUT2D eigenvalue weighted by atomic mass is 10.0. The van der Waals surface area contributed by atoms with Crippen LogP contribution in [0.3, 0.4) is 0 Å². The van der Waals surface area contributed by atoms with Gasteiger partial charge in [-0.2, -0.15) is 0 Å². The third-order valence-electron chi connectivity index (χ3n) is 11.8. The van der Waals surface area contributed by atoms with Gasteiger partial charge >= 0.3 is 0 Å². The van der Waals surface area contributed by atoms with Crippen molar-refractivity contribution in [3.8, 4) is 11.4 Å². The molecule has 8 aromatic carbocycles. The number of nitrogens with one attached hydrogen (secondary N) is 3. The van der Waals surface area contributed by atoms with Gasteiger partial charge in [0.05, 0.1) is 46.0 Å². The van der Waals surface area contributed by atoms with E-state index < -0.39 is 0 Å². The fourth-order valence-corrected chi connectivity index (χ4v) is 9.29. The summed E-state index contributed by atoms with van der Waals surface area (Å²) in [5.74, 6) is 0. The third-order valence-corrected chi connectivity index (χ3v) is 11.8. The zero-order valence-electron chi connectivity index (χ0n) is 30.9. The molecule has 1 saturated heterocycles. The van der Waals surface area contributed by atoms with Crippen molar-refractivity contribution >= 4 is 65.6 Å². The highest BCUT2D eigenvalue weighted by Gasteiger charge is 2.30. The lowest BCUT2D eigenvalue weighted by Gasteiger charge is -2.39. The van der Waals surface area contributed by atoms with Crippen LogP contribution in [0.15, 0.2) is 192 Å². The van der Waals surface area contributed by atoms with Gasteiger partial charge < -0.3 is 13.6 Å². The van der Waals surface area contributed by atoms with Gasteiger partial charge in [0, 0.05) is 38.3 Å². The molecule has 272 valence electrons. The first-order valence-electron chi connectivity index (χ1n) is 19.6. The van der Waals surface area contributed by atoms with E-state index in [1.54, 1.807) is 0 Å². The second-order valence-corrected chi connectivity index (χ2v) is 15.0. The summed E-state index contributed by atoms with van der Waals surface area (Å²) in [4.78, 5) is 0. The van der Waals surface area contributed by atoms with E-state index in [0.29, 0.717) is 0 Å². The van der Waals surface area contributed by atoms with Crippen LogP contribution in [0.2, 0.25) is 0 Å². The zero-order valence-corrected chi connectivity index (χ0v) is 30.9. The van der Waals surface area contributed by atoms with E-state index in [1.807, 2.05) is 0 Å². The van der Waals surface area contributed by atoms with Crippen molar-refractivity contribution in [3.05, 3.63) is 205 Å². The fraction of sp³-hybridized carbons (Fsp3) is 0.0588. The van der Waals surface area contributed by atoms with Crippen molar-refractivity contribution in [2.24, 2.45) is 0 Å². The van der Waals surface area contributed by atoms with Crippen LogP contribution in [0.4, 0.5) is 0 Å². The summed E-state index contributed by atoms with van der Waals surface area (Å²) in [6.07, 6.45) is -0.162. The smallest absolute Gasteiger partial charge is 0.145 e. The molecule has 12 rings (SSSR count). The van der Waals surface area contributed by atoms with Crippen LogP contribution < -0.4 is 16.0 Å². The van der Waals surface area contributed by atoms with E-state index in [-0.39, 0.29) is 18.5 Å². The maximum Gasteiger partial charge on any atom is 0.145 e. The third kappa shape index (κ3) is 5.02. The topological polar surface area (TPSA) is 59.1 Å². The largest absolute Gasteiger partial charge is 0.455 e. The number of hydrogen-bond acceptors (Lipinski definition) is 4. The average molecular weight is 736 g/mol. The van der Waals surface area contributed by atoms with Crippen LogP contribution in [0, 0.1) is 0 Å². The summed E-state index contributed by atoms with van der Waals surface area (Å²) in [5, 5.41) is 18.5. The first kappa shape index (κ1) is 32.3. The lowest BCUT2D eigenvalue weighted by molar-refractivity contribution is 0.203. The van der Waals surface area contributed by atoms with Crippen LogP contribution >= 0.6 is 0 Å². The molecule has 4 heterocycles. The van der Waals surface area contributed by atoms with E-state index in [4.69, 9.17) is 4.42 Å². The minimum atomic E-state index is -0.0900. The van der Waals surface area contributed by atoms with Gasteiger partial charge in [0.2, 0.25) is 0 Å². The van der Waals surface area contributed by atoms with Crippen LogP contribution in [0.25, 0.3) is 76.9 Å². The molecular formula is C51H37N5O. The molecule has 57 heavy (non-hydrogen) atoms. The maximum atomic E-state index is 6.82. The second-order valence-electron chi connectivity index (χ2n) is 15.0. The Kier molecular flexibility index (Phi) is 7.25. The summed E-state index contributed by atoms with van der Waals surface area (Å²) < 4.78 is 11.6. The summed E-state index contributed by atoms with van der Waals surface area (Å²) in [6.45, 7) is 0. The standard InChI is InChI=1S/C51H37N5O/c1-4-14-32(15-5-1)49-52-50(33-16-6-2-7-17-33)54-51(53-49)34-24-26-36(27-25-34)56-42-31-30-41-45(39-21-10-12-22-40(39)55(41)35-18-8-3-9-19-35)46(42)47-43(56)29-28-38-37-20-11-13-23-44(37)57-48(38)47/h1-31,49-54H. The van der Waals surface area contributed by atoms with Crippen LogP contribution in [0.1, 0.15) is 35.2 Å². The van der Waals surface area contributed by atoms with Gasteiger partial charge in [-0.3, -0.25) is 16.0 Å². The highest BCUT2D eigenvalue weighted by molar-refractivity contribution is 6.33. The number of furan rings is 1. The molecule has 1 aliphatic rings. The highest BCUT2D eigenvalue weighted by Crippen LogP contribution is 2.46. The Morgan fingerprint density at radius 2 is 0.807 bits per heavy atom. The molecule has 2 unspecified atom stereocenters. The number of hydrogen-bond donors (Lipinski definition) is 3. The van der Waals surface area contributed by atoms with Crippen LogP contribution in [-0.2, 0) is 0 Å². The number of fused-ring (bicyclic) bond motifs is 11. The molecular weight excluding hydrogens is 699 g/mol. The number of para-hydroxylation sites is 3. The molecule has 6 nitrogen and oxygen atoms in total. The fourth-order valence-electron chi connectivity index (χ4n) is 9.29. The molecule has 11 aromatic rings. The minimum Gasteiger partial charge on any atom is -0.455 e.